The van der Waals surface area contributed by atoms with Crippen LogP contribution in [0.3, 0.4) is 0 Å². The molecule has 1 aromatic heterocycles. The Labute approximate surface area is 150 Å². The van der Waals surface area contributed by atoms with Crippen LogP contribution in [0.1, 0.15) is 22.1 Å². The summed E-state index contributed by atoms with van der Waals surface area (Å²) < 4.78 is 1.45. The van der Waals surface area contributed by atoms with E-state index in [0.717, 1.165) is 5.69 Å². The molecule has 1 amide bonds. The van der Waals surface area contributed by atoms with Crippen molar-refractivity contribution in [1.82, 2.24) is 4.57 Å². The molecule has 2 aromatic carbocycles. The molecule has 0 spiro atoms. The van der Waals surface area contributed by atoms with Gasteiger partial charge in [-0.15, -0.1) is 0 Å². The monoisotopic (exact) mass is 355 g/mol. The highest BCUT2D eigenvalue weighted by Gasteiger charge is 2.17. The third-order valence-electron chi connectivity index (χ3n) is 3.99. The number of benzene rings is 2. The molecule has 3 aromatic rings. The van der Waals surface area contributed by atoms with E-state index in [-0.39, 0.29) is 11.8 Å². The number of aromatic nitrogens is 1. The minimum Gasteiger partial charge on any atom is -0.378 e. The van der Waals surface area contributed by atoms with Crippen LogP contribution < -0.4 is 10.2 Å². The van der Waals surface area contributed by atoms with Gasteiger partial charge in [-0.05, 0) is 42.5 Å². The fourth-order valence-corrected chi connectivity index (χ4v) is 2.86. The SMILES string of the molecule is CC(=O)n1cc(C(=O)Nc2ccc(N(C)C)cc2)c2cc(Cl)ccc21. The first-order chi connectivity index (χ1) is 11.9. The van der Waals surface area contributed by atoms with Crippen molar-refractivity contribution in [3.63, 3.8) is 0 Å². The lowest BCUT2D eigenvalue weighted by atomic mass is 10.1. The lowest BCUT2D eigenvalue weighted by Gasteiger charge is -2.13. The van der Waals surface area contributed by atoms with E-state index in [1.807, 2.05) is 43.3 Å². The second-order valence-electron chi connectivity index (χ2n) is 5.99. The topological polar surface area (TPSA) is 54.3 Å². The first-order valence-corrected chi connectivity index (χ1v) is 8.15. The van der Waals surface area contributed by atoms with Gasteiger partial charge in [0.2, 0.25) is 5.91 Å². The molecule has 3 rings (SSSR count). The molecule has 0 aliphatic rings. The minimum atomic E-state index is -0.287. The molecule has 0 bridgehead atoms. The zero-order valence-electron chi connectivity index (χ0n) is 14.2. The average molecular weight is 356 g/mol. The Bertz CT molecular complexity index is 959. The number of hydrogen-bond donors (Lipinski definition) is 1. The summed E-state index contributed by atoms with van der Waals surface area (Å²) >= 11 is 6.06. The van der Waals surface area contributed by atoms with Gasteiger partial charge >= 0.3 is 0 Å². The molecule has 0 unspecified atom stereocenters. The van der Waals surface area contributed by atoms with Crippen molar-refractivity contribution in [3.05, 3.63) is 59.2 Å². The van der Waals surface area contributed by atoms with E-state index in [1.165, 1.54) is 11.5 Å². The highest BCUT2D eigenvalue weighted by molar-refractivity contribution is 6.31. The first-order valence-electron chi connectivity index (χ1n) is 7.77. The number of halogens is 1. The third kappa shape index (κ3) is 3.37. The predicted molar refractivity (Wildman–Crippen MR) is 102 cm³/mol. The van der Waals surface area contributed by atoms with E-state index in [9.17, 15) is 9.59 Å². The lowest BCUT2D eigenvalue weighted by molar-refractivity contribution is 0.0941. The van der Waals surface area contributed by atoms with Gasteiger partial charge in [0.15, 0.2) is 0 Å². The number of nitrogens with zero attached hydrogens (tertiary/aromatic N) is 2. The summed E-state index contributed by atoms with van der Waals surface area (Å²) in [5.74, 6) is -0.452. The van der Waals surface area contributed by atoms with Crippen LogP contribution >= 0.6 is 11.6 Å². The molecular weight excluding hydrogens is 338 g/mol. The van der Waals surface area contributed by atoms with Crippen molar-refractivity contribution in [2.75, 3.05) is 24.3 Å². The Morgan fingerprint density at radius 3 is 2.36 bits per heavy atom. The van der Waals surface area contributed by atoms with Crippen LogP contribution in [0.5, 0.6) is 0 Å². The first kappa shape index (κ1) is 17.0. The molecule has 25 heavy (non-hydrogen) atoms. The number of nitrogens with one attached hydrogen (secondary N) is 1. The normalized spacial score (nSPS) is 10.7. The van der Waals surface area contributed by atoms with Crippen molar-refractivity contribution in [2.24, 2.45) is 0 Å². The van der Waals surface area contributed by atoms with E-state index in [1.54, 1.807) is 24.4 Å². The highest BCUT2D eigenvalue weighted by Crippen LogP contribution is 2.26. The predicted octanol–water partition coefficient (Wildman–Crippen LogP) is 4.27. The van der Waals surface area contributed by atoms with Gasteiger partial charge in [0.1, 0.15) is 0 Å². The fourth-order valence-electron chi connectivity index (χ4n) is 2.69. The molecule has 0 radical (unpaired) electrons. The Hall–Kier alpha value is -2.79. The molecule has 5 nitrogen and oxygen atoms in total. The van der Waals surface area contributed by atoms with Crippen molar-refractivity contribution < 1.29 is 9.59 Å². The summed E-state index contributed by atoms with van der Waals surface area (Å²) in [6.07, 6.45) is 1.55. The second kappa shape index (κ2) is 6.61. The van der Waals surface area contributed by atoms with Crippen molar-refractivity contribution in [3.8, 4) is 0 Å². The van der Waals surface area contributed by atoms with Gasteiger partial charge in [-0.25, -0.2) is 0 Å². The van der Waals surface area contributed by atoms with Crippen molar-refractivity contribution in [1.29, 1.82) is 0 Å². The van der Waals surface area contributed by atoms with E-state index in [4.69, 9.17) is 11.6 Å². The standard InChI is InChI=1S/C19H18ClN3O2/c1-12(24)23-11-17(16-10-13(20)4-9-18(16)23)19(25)21-14-5-7-15(8-6-14)22(2)3/h4-11H,1-3H3,(H,21,25). The van der Waals surface area contributed by atoms with Crippen LogP contribution in [0.4, 0.5) is 11.4 Å². The van der Waals surface area contributed by atoms with Gasteiger partial charge in [0.25, 0.3) is 5.91 Å². The van der Waals surface area contributed by atoms with E-state index >= 15 is 0 Å². The summed E-state index contributed by atoms with van der Waals surface area (Å²) in [5, 5.41) is 4.02. The number of carbonyl (C=O) groups is 2. The van der Waals surface area contributed by atoms with Crippen LogP contribution in [0.25, 0.3) is 10.9 Å². The Balaban J connectivity index is 1.96. The van der Waals surface area contributed by atoms with Crippen LogP contribution in [0.2, 0.25) is 5.02 Å². The maximum absolute atomic E-state index is 12.7. The molecule has 0 aliphatic heterocycles. The number of hydrogen-bond acceptors (Lipinski definition) is 3. The second-order valence-corrected chi connectivity index (χ2v) is 6.43. The summed E-state index contributed by atoms with van der Waals surface area (Å²) in [6.45, 7) is 1.45. The van der Waals surface area contributed by atoms with Gasteiger partial charge < -0.3 is 10.2 Å². The number of amides is 1. The molecular formula is C19H18ClN3O2. The van der Waals surface area contributed by atoms with Gasteiger partial charge in [-0.3, -0.25) is 14.2 Å². The van der Waals surface area contributed by atoms with Crippen molar-refractivity contribution >= 4 is 45.7 Å². The van der Waals surface area contributed by atoms with E-state index < -0.39 is 0 Å². The third-order valence-corrected chi connectivity index (χ3v) is 4.23. The summed E-state index contributed by atoms with van der Waals surface area (Å²) in [6, 6.07) is 12.7. The Kier molecular flexibility index (Phi) is 4.51. The lowest BCUT2D eigenvalue weighted by Crippen LogP contribution is -2.12. The maximum atomic E-state index is 12.7. The van der Waals surface area contributed by atoms with Gasteiger partial charge in [-0.2, -0.15) is 0 Å². The quantitative estimate of drug-likeness (QED) is 0.763. The molecule has 1 N–H and O–H groups in total. The summed E-state index contributed by atoms with van der Waals surface area (Å²) in [4.78, 5) is 26.5. The maximum Gasteiger partial charge on any atom is 0.257 e. The van der Waals surface area contributed by atoms with Gasteiger partial charge in [-0.1, -0.05) is 11.6 Å². The number of fused-ring (bicyclic) bond motifs is 1. The van der Waals surface area contributed by atoms with Crippen LogP contribution in [0.15, 0.2) is 48.7 Å². The number of rotatable bonds is 3. The van der Waals surface area contributed by atoms with Gasteiger partial charge in [0.05, 0.1) is 11.1 Å². The highest BCUT2D eigenvalue weighted by atomic mass is 35.5. The molecule has 128 valence electrons. The molecule has 0 fully saturated rings. The molecule has 0 atom stereocenters. The van der Waals surface area contributed by atoms with Gasteiger partial charge in [0, 0.05) is 49.0 Å². The Morgan fingerprint density at radius 2 is 1.76 bits per heavy atom. The number of anilines is 2. The molecule has 1 heterocycles. The van der Waals surface area contributed by atoms with E-state index in [0.29, 0.717) is 27.2 Å². The van der Waals surface area contributed by atoms with Crippen LogP contribution in [-0.4, -0.2) is 30.5 Å². The van der Waals surface area contributed by atoms with Crippen molar-refractivity contribution in [2.45, 2.75) is 6.92 Å². The number of carbonyl (C=O) groups excluding carboxylic acids is 2. The molecule has 0 saturated carbocycles. The zero-order chi connectivity index (χ0) is 18.1. The smallest absolute Gasteiger partial charge is 0.257 e. The minimum absolute atomic E-state index is 0.165. The summed E-state index contributed by atoms with van der Waals surface area (Å²) in [7, 11) is 3.90. The van der Waals surface area contributed by atoms with E-state index in [2.05, 4.69) is 5.32 Å². The molecule has 0 aliphatic carbocycles. The fraction of sp³-hybridized carbons (Fsp3) is 0.158. The average Bonchev–Trinajstić information content (AvgIpc) is 2.94. The largest absolute Gasteiger partial charge is 0.378 e. The molecule has 0 saturated heterocycles. The molecule has 6 heteroatoms. The zero-order valence-corrected chi connectivity index (χ0v) is 15.0. The van der Waals surface area contributed by atoms with Crippen LogP contribution in [0, 0.1) is 0 Å². The van der Waals surface area contributed by atoms with Crippen LogP contribution in [-0.2, 0) is 0 Å². The Morgan fingerprint density at radius 1 is 1.08 bits per heavy atom. The summed E-state index contributed by atoms with van der Waals surface area (Å²) in [5.41, 5.74) is 2.79.